The predicted molar refractivity (Wildman–Crippen MR) is 60.0 cm³/mol. The highest BCUT2D eigenvalue weighted by Gasteiger charge is 2.04. The molecule has 0 bridgehead atoms. The Labute approximate surface area is 86.5 Å². The SMILES string of the molecule is CNc1c(C)cc(I)cc1OC. The number of aryl methyl sites for hydroxylation is 1. The van der Waals surface area contributed by atoms with E-state index in [4.69, 9.17) is 4.74 Å². The monoisotopic (exact) mass is 277 g/mol. The second-order valence-electron chi connectivity index (χ2n) is 2.55. The van der Waals surface area contributed by atoms with Crippen LogP contribution in [-0.2, 0) is 0 Å². The number of anilines is 1. The molecule has 1 aromatic rings. The number of ether oxygens (including phenoxy) is 1. The number of halogens is 1. The van der Waals surface area contributed by atoms with E-state index in [2.05, 4.69) is 40.9 Å². The molecule has 3 heteroatoms. The third-order valence-electron chi connectivity index (χ3n) is 1.73. The molecule has 0 aliphatic rings. The van der Waals surface area contributed by atoms with Crippen LogP contribution in [0.15, 0.2) is 12.1 Å². The summed E-state index contributed by atoms with van der Waals surface area (Å²) < 4.78 is 6.43. The van der Waals surface area contributed by atoms with Crippen LogP contribution in [0.25, 0.3) is 0 Å². The molecule has 0 saturated heterocycles. The minimum atomic E-state index is 0.905. The summed E-state index contributed by atoms with van der Waals surface area (Å²) in [6, 6.07) is 4.13. The van der Waals surface area contributed by atoms with Gasteiger partial charge in [-0.2, -0.15) is 0 Å². The Morgan fingerprint density at radius 2 is 2.08 bits per heavy atom. The summed E-state index contributed by atoms with van der Waals surface area (Å²) in [4.78, 5) is 0. The molecule has 0 aliphatic heterocycles. The fraction of sp³-hybridized carbons (Fsp3) is 0.333. The third-order valence-corrected chi connectivity index (χ3v) is 2.36. The number of benzene rings is 1. The van der Waals surface area contributed by atoms with Gasteiger partial charge in [0.15, 0.2) is 0 Å². The number of hydrogen-bond acceptors (Lipinski definition) is 2. The van der Waals surface area contributed by atoms with Crippen LogP contribution in [0, 0.1) is 10.5 Å². The number of rotatable bonds is 2. The molecule has 0 aromatic heterocycles. The Bertz CT molecular complexity index is 286. The molecule has 0 fully saturated rings. The third kappa shape index (κ3) is 1.83. The first-order chi connectivity index (χ1) is 5.69. The van der Waals surface area contributed by atoms with Crippen molar-refractivity contribution in [3.8, 4) is 5.75 Å². The average Bonchev–Trinajstić information content (AvgIpc) is 2.03. The standard InChI is InChI=1S/C9H12INO/c1-6-4-7(10)5-8(12-3)9(6)11-2/h4-5,11H,1-3H3. The van der Waals surface area contributed by atoms with Crippen LogP contribution in [0.3, 0.4) is 0 Å². The van der Waals surface area contributed by atoms with Crippen molar-refractivity contribution in [3.05, 3.63) is 21.3 Å². The van der Waals surface area contributed by atoms with Gasteiger partial charge in [-0.3, -0.25) is 0 Å². The van der Waals surface area contributed by atoms with Gasteiger partial charge in [-0.25, -0.2) is 0 Å². The van der Waals surface area contributed by atoms with E-state index in [1.807, 2.05) is 13.1 Å². The van der Waals surface area contributed by atoms with Crippen molar-refractivity contribution in [1.29, 1.82) is 0 Å². The summed E-state index contributed by atoms with van der Waals surface area (Å²) in [7, 11) is 3.59. The van der Waals surface area contributed by atoms with Crippen molar-refractivity contribution in [1.82, 2.24) is 0 Å². The Balaban J connectivity index is 3.24. The summed E-state index contributed by atoms with van der Waals surface area (Å²) in [6.07, 6.45) is 0. The zero-order chi connectivity index (χ0) is 9.14. The lowest BCUT2D eigenvalue weighted by atomic mass is 10.2. The molecule has 0 atom stereocenters. The Kier molecular flexibility index (Phi) is 3.20. The van der Waals surface area contributed by atoms with Crippen LogP contribution in [0.2, 0.25) is 0 Å². The largest absolute Gasteiger partial charge is 0.495 e. The molecule has 12 heavy (non-hydrogen) atoms. The Hall–Kier alpha value is -0.450. The maximum Gasteiger partial charge on any atom is 0.143 e. The van der Waals surface area contributed by atoms with Crippen LogP contribution >= 0.6 is 22.6 Å². The van der Waals surface area contributed by atoms with Crippen LogP contribution in [-0.4, -0.2) is 14.2 Å². The van der Waals surface area contributed by atoms with Crippen LogP contribution in [0.1, 0.15) is 5.56 Å². The first-order valence-corrected chi connectivity index (χ1v) is 4.78. The van der Waals surface area contributed by atoms with Crippen molar-refractivity contribution in [3.63, 3.8) is 0 Å². The highest BCUT2D eigenvalue weighted by atomic mass is 127. The molecule has 66 valence electrons. The van der Waals surface area contributed by atoms with E-state index >= 15 is 0 Å². The average molecular weight is 277 g/mol. The highest BCUT2D eigenvalue weighted by molar-refractivity contribution is 14.1. The zero-order valence-corrected chi connectivity index (χ0v) is 9.60. The van der Waals surface area contributed by atoms with Gasteiger partial charge in [0, 0.05) is 10.6 Å². The molecule has 0 unspecified atom stereocenters. The van der Waals surface area contributed by atoms with Gasteiger partial charge in [-0.05, 0) is 47.2 Å². The molecule has 0 saturated carbocycles. The van der Waals surface area contributed by atoms with E-state index in [0.29, 0.717) is 0 Å². The first kappa shape index (κ1) is 9.64. The molecular weight excluding hydrogens is 265 g/mol. The molecule has 1 aromatic carbocycles. The number of nitrogens with one attached hydrogen (secondary N) is 1. The summed E-state index contributed by atoms with van der Waals surface area (Å²) in [5.41, 5.74) is 2.28. The van der Waals surface area contributed by atoms with Gasteiger partial charge in [0.25, 0.3) is 0 Å². The van der Waals surface area contributed by atoms with Crippen molar-refractivity contribution in [2.75, 3.05) is 19.5 Å². The van der Waals surface area contributed by atoms with Gasteiger partial charge < -0.3 is 10.1 Å². The Morgan fingerprint density at radius 1 is 1.42 bits per heavy atom. The number of hydrogen-bond donors (Lipinski definition) is 1. The Morgan fingerprint density at radius 3 is 2.58 bits per heavy atom. The lowest BCUT2D eigenvalue weighted by molar-refractivity contribution is 0.416. The van der Waals surface area contributed by atoms with E-state index in [1.54, 1.807) is 7.11 Å². The predicted octanol–water partition coefficient (Wildman–Crippen LogP) is 2.65. The molecular formula is C9H12INO. The van der Waals surface area contributed by atoms with Crippen molar-refractivity contribution < 1.29 is 4.74 Å². The smallest absolute Gasteiger partial charge is 0.143 e. The molecule has 0 spiro atoms. The summed E-state index contributed by atoms with van der Waals surface area (Å²) in [5, 5.41) is 3.11. The van der Waals surface area contributed by atoms with Gasteiger partial charge >= 0.3 is 0 Å². The summed E-state index contributed by atoms with van der Waals surface area (Å²) in [6.45, 7) is 2.07. The van der Waals surface area contributed by atoms with Crippen molar-refractivity contribution in [2.24, 2.45) is 0 Å². The normalized spacial score (nSPS) is 9.67. The van der Waals surface area contributed by atoms with Crippen LogP contribution in [0.5, 0.6) is 5.75 Å². The fourth-order valence-electron chi connectivity index (χ4n) is 1.19. The molecule has 0 heterocycles. The maximum absolute atomic E-state index is 5.23. The lowest BCUT2D eigenvalue weighted by Crippen LogP contribution is -1.96. The van der Waals surface area contributed by atoms with Crippen LogP contribution < -0.4 is 10.1 Å². The second-order valence-corrected chi connectivity index (χ2v) is 3.80. The van der Waals surface area contributed by atoms with Crippen LogP contribution in [0.4, 0.5) is 5.69 Å². The quantitative estimate of drug-likeness (QED) is 0.839. The van der Waals surface area contributed by atoms with Gasteiger partial charge in [-0.15, -0.1) is 0 Å². The van der Waals surface area contributed by atoms with E-state index in [-0.39, 0.29) is 0 Å². The highest BCUT2D eigenvalue weighted by Crippen LogP contribution is 2.29. The van der Waals surface area contributed by atoms with E-state index < -0.39 is 0 Å². The number of methoxy groups -OCH3 is 1. The van der Waals surface area contributed by atoms with Gasteiger partial charge in [0.1, 0.15) is 5.75 Å². The first-order valence-electron chi connectivity index (χ1n) is 3.71. The van der Waals surface area contributed by atoms with Crippen molar-refractivity contribution >= 4 is 28.3 Å². The minimum absolute atomic E-state index is 0.905. The van der Waals surface area contributed by atoms with Gasteiger partial charge in [0.2, 0.25) is 0 Å². The molecule has 2 nitrogen and oxygen atoms in total. The lowest BCUT2D eigenvalue weighted by Gasteiger charge is -2.11. The summed E-state index contributed by atoms with van der Waals surface area (Å²) >= 11 is 2.28. The van der Waals surface area contributed by atoms with E-state index in [9.17, 15) is 0 Å². The molecule has 1 rings (SSSR count). The minimum Gasteiger partial charge on any atom is -0.495 e. The topological polar surface area (TPSA) is 21.3 Å². The molecule has 0 amide bonds. The fourth-order valence-corrected chi connectivity index (χ4v) is 1.94. The molecule has 0 aliphatic carbocycles. The zero-order valence-electron chi connectivity index (χ0n) is 7.44. The van der Waals surface area contributed by atoms with Gasteiger partial charge in [0.05, 0.1) is 12.8 Å². The van der Waals surface area contributed by atoms with E-state index in [1.165, 1.54) is 9.13 Å². The molecule has 1 N–H and O–H groups in total. The van der Waals surface area contributed by atoms with Gasteiger partial charge in [-0.1, -0.05) is 0 Å². The molecule has 0 radical (unpaired) electrons. The maximum atomic E-state index is 5.23. The van der Waals surface area contributed by atoms with E-state index in [0.717, 1.165) is 11.4 Å². The van der Waals surface area contributed by atoms with Crippen molar-refractivity contribution in [2.45, 2.75) is 6.92 Å². The second kappa shape index (κ2) is 3.98. The summed E-state index contributed by atoms with van der Waals surface area (Å²) in [5.74, 6) is 0.905.